The van der Waals surface area contributed by atoms with Crippen LogP contribution in [0.3, 0.4) is 0 Å². The number of fused-ring (bicyclic) bond motifs is 1. The zero-order valence-electron chi connectivity index (χ0n) is 16.7. The summed E-state index contributed by atoms with van der Waals surface area (Å²) >= 11 is 0. The van der Waals surface area contributed by atoms with Crippen molar-refractivity contribution < 1.29 is 14.0 Å². The van der Waals surface area contributed by atoms with Crippen molar-refractivity contribution in [2.75, 3.05) is 26.8 Å². The Bertz CT molecular complexity index is 906. The molecule has 3 rings (SSSR count). The zero-order valence-corrected chi connectivity index (χ0v) is 16.7. The SMILES string of the molecule is CCON=Cc1oc2cccc(OCCCN(C)Cc3cccnc3)c2c1C. The third-order valence-electron chi connectivity index (χ3n) is 4.44. The van der Waals surface area contributed by atoms with E-state index in [0.717, 1.165) is 41.8 Å². The highest BCUT2D eigenvalue weighted by atomic mass is 16.6. The first-order valence-electron chi connectivity index (χ1n) is 9.56. The maximum Gasteiger partial charge on any atom is 0.152 e. The smallest absolute Gasteiger partial charge is 0.152 e. The third-order valence-corrected chi connectivity index (χ3v) is 4.44. The van der Waals surface area contributed by atoms with E-state index in [-0.39, 0.29) is 0 Å². The van der Waals surface area contributed by atoms with Crippen molar-refractivity contribution in [2.45, 2.75) is 26.8 Å². The molecular weight excluding hydrogens is 354 g/mol. The Labute approximate surface area is 165 Å². The van der Waals surface area contributed by atoms with E-state index in [1.165, 1.54) is 5.56 Å². The molecule has 0 amide bonds. The van der Waals surface area contributed by atoms with Gasteiger partial charge in [0.25, 0.3) is 0 Å². The van der Waals surface area contributed by atoms with E-state index in [0.29, 0.717) is 19.0 Å². The van der Waals surface area contributed by atoms with Crippen LogP contribution in [0.5, 0.6) is 5.75 Å². The summed E-state index contributed by atoms with van der Waals surface area (Å²) in [4.78, 5) is 11.5. The summed E-state index contributed by atoms with van der Waals surface area (Å²) in [6.07, 6.45) is 6.24. The normalized spacial score (nSPS) is 11.6. The van der Waals surface area contributed by atoms with Gasteiger partial charge in [-0.3, -0.25) is 4.98 Å². The fourth-order valence-electron chi connectivity index (χ4n) is 3.09. The first kappa shape index (κ1) is 19.9. The van der Waals surface area contributed by atoms with Crippen LogP contribution >= 0.6 is 0 Å². The topological polar surface area (TPSA) is 60.1 Å². The number of rotatable bonds is 10. The minimum Gasteiger partial charge on any atom is -0.493 e. The van der Waals surface area contributed by atoms with Crippen LogP contribution in [-0.2, 0) is 11.4 Å². The minimum absolute atomic E-state index is 0.527. The number of furan rings is 1. The molecule has 0 saturated carbocycles. The molecular formula is C22H27N3O3. The van der Waals surface area contributed by atoms with Crippen molar-refractivity contribution in [3.05, 3.63) is 59.6 Å². The van der Waals surface area contributed by atoms with Crippen molar-refractivity contribution in [1.29, 1.82) is 0 Å². The number of hydrogen-bond acceptors (Lipinski definition) is 6. The number of oxime groups is 1. The third kappa shape index (κ3) is 5.10. The second-order valence-corrected chi connectivity index (χ2v) is 6.67. The fraction of sp³-hybridized carbons (Fsp3) is 0.364. The predicted octanol–water partition coefficient (Wildman–Crippen LogP) is 4.41. The summed E-state index contributed by atoms with van der Waals surface area (Å²) < 4.78 is 11.9. The van der Waals surface area contributed by atoms with Crippen molar-refractivity contribution in [1.82, 2.24) is 9.88 Å². The molecule has 0 aliphatic rings. The molecule has 0 aliphatic heterocycles. The van der Waals surface area contributed by atoms with Gasteiger partial charge < -0.3 is 18.9 Å². The Morgan fingerprint density at radius 3 is 2.93 bits per heavy atom. The van der Waals surface area contributed by atoms with Crippen LogP contribution < -0.4 is 4.74 Å². The van der Waals surface area contributed by atoms with Crippen molar-refractivity contribution in [3.63, 3.8) is 0 Å². The minimum atomic E-state index is 0.527. The average Bonchev–Trinajstić information content (AvgIpc) is 3.03. The van der Waals surface area contributed by atoms with Gasteiger partial charge in [0.2, 0.25) is 0 Å². The van der Waals surface area contributed by atoms with Crippen LogP contribution in [0.15, 0.2) is 52.3 Å². The van der Waals surface area contributed by atoms with Gasteiger partial charge in [-0.25, -0.2) is 0 Å². The second-order valence-electron chi connectivity index (χ2n) is 6.67. The van der Waals surface area contributed by atoms with Crippen molar-refractivity contribution in [3.8, 4) is 5.75 Å². The fourth-order valence-corrected chi connectivity index (χ4v) is 3.09. The maximum absolute atomic E-state index is 6.06. The quantitative estimate of drug-likeness (QED) is 0.296. The highest BCUT2D eigenvalue weighted by Crippen LogP contribution is 2.32. The Balaban J connectivity index is 1.57. The van der Waals surface area contributed by atoms with E-state index >= 15 is 0 Å². The van der Waals surface area contributed by atoms with Crippen molar-refractivity contribution in [2.24, 2.45) is 5.16 Å². The summed E-state index contributed by atoms with van der Waals surface area (Å²) in [7, 11) is 2.11. The number of ether oxygens (including phenoxy) is 1. The molecule has 0 saturated heterocycles. The molecule has 148 valence electrons. The molecule has 0 N–H and O–H groups in total. The van der Waals surface area contributed by atoms with E-state index in [9.17, 15) is 0 Å². The second kappa shape index (κ2) is 9.90. The van der Waals surface area contributed by atoms with Gasteiger partial charge in [-0.1, -0.05) is 17.3 Å². The zero-order chi connectivity index (χ0) is 19.8. The monoisotopic (exact) mass is 381 g/mol. The summed E-state index contributed by atoms with van der Waals surface area (Å²) in [6, 6.07) is 9.92. The Morgan fingerprint density at radius 2 is 2.14 bits per heavy atom. The molecule has 0 spiro atoms. The maximum atomic E-state index is 6.06. The van der Waals surface area contributed by atoms with Crippen LogP contribution in [0.2, 0.25) is 0 Å². The first-order valence-corrected chi connectivity index (χ1v) is 9.56. The van der Waals surface area contributed by atoms with Gasteiger partial charge in [-0.15, -0.1) is 0 Å². The largest absolute Gasteiger partial charge is 0.493 e. The molecule has 0 atom stereocenters. The summed E-state index contributed by atoms with van der Waals surface area (Å²) in [5.41, 5.74) is 3.01. The highest BCUT2D eigenvalue weighted by Gasteiger charge is 2.14. The lowest BCUT2D eigenvalue weighted by molar-refractivity contribution is 0.160. The summed E-state index contributed by atoms with van der Waals surface area (Å²) in [6.45, 7) is 6.90. The molecule has 0 aliphatic carbocycles. The van der Waals surface area contributed by atoms with Gasteiger partial charge in [0.1, 0.15) is 24.2 Å². The number of pyridine rings is 1. The molecule has 6 heteroatoms. The first-order chi connectivity index (χ1) is 13.7. The van der Waals surface area contributed by atoms with E-state index in [4.69, 9.17) is 14.0 Å². The molecule has 0 fully saturated rings. The molecule has 0 bridgehead atoms. The van der Waals surface area contributed by atoms with Crippen LogP contribution in [0, 0.1) is 6.92 Å². The van der Waals surface area contributed by atoms with Crippen LogP contribution in [0.4, 0.5) is 0 Å². The van der Waals surface area contributed by atoms with Crippen LogP contribution in [0.1, 0.15) is 30.2 Å². The molecule has 28 heavy (non-hydrogen) atoms. The molecule has 2 heterocycles. The molecule has 0 unspecified atom stereocenters. The number of hydrogen-bond donors (Lipinski definition) is 0. The van der Waals surface area contributed by atoms with Gasteiger partial charge in [-0.05, 0) is 51.1 Å². The predicted molar refractivity (Wildman–Crippen MR) is 111 cm³/mol. The van der Waals surface area contributed by atoms with E-state index in [2.05, 4.69) is 28.2 Å². The number of benzene rings is 1. The molecule has 6 nitrogen and oxygen atoms in total. The molecule has 3 aromatic rings. The standard InChI is InChI=1S/C22H27N3O3/c1-4-27-24-15-21-17(2)22-19(9-5-10-20(22)28-21)26-13-7-12-25(3)16-18-8-6-11-23-14-18/h5-6,8-11,14-15H,4,7,12-13,16H2,1-3H3. The number of aryl methyl sites for hydroxylation is 1. The summed E-state index contributed by atoms with van der Waals surface area (Å²) in [5.74, 6) is 1.53. The lowest BCUT2D eigenvalue weighted by Gasteiger charge is -2.16. The van der Waals surface area contributed by atoms with Crippen LogP contribution in [0.25, 0.3) is 11.0 Å². The van der Waals surface area contributed by atoms with Gasteiger partial charge >= 0.3 is 0 Å². The van der Waals surface area contributed by atoms with Gasteiger partial charge in [0, 0.05) is 31.0 Å². The van der Waals surface area contributed by atoms with Crippen LogP contribution in [-0.4, -0.2) is 42.9 Å². The Morgan fingerprint density at radius 1 is 1.25 bits per heavy atom. The van der Waals surface area contributed by atoms with E-state index in [1.54, 1.807) is 12.4 Å². The molecule has 2 aromatic heterocycles. The lowest BCUT2D eigenvalue weighted by atomic mass is 10.1. The molecule has 1 aromatic carbocycles. The number of nitrogens with zero attached hydrogens (tertiary/aromatic N) is 3. The Kier molecular flexibility index (Phi) is 7.03. The van der Waals surface area contributed by atoms with Gasteiger partial charge in [-0.2, -0.15) is 0 Å². The van der Waals surface area contributed by atoms with E-state index < -0.39 is 0 Å². The van der Waals surface area contributed by atoms with E-state index in [1.807, 2.05) is 44.3 Å². The summed E-state index contributed by atoms with van der Waals surface area (Å²) in [5, 5.41) is 4.90. The Hall–Kier alpha value is -2.86. The number of aromatic nitrogens is 1. The van der Waals surface area contributed by atoms with Gasteiger partial charge in [0.05, 0.1) is 12.0 Å². The van der Waals surface area contributed by atoms with Gasteiger partial charge in [0.15, 0.2) is 5.76 Å². The lowest BCUT2D eigenvalue weighted by Crippen LogP contribution is -2.20. The molecule has 0 radical (unpaired) electrons. The van der Waals surface area contributed by atoms with Crippen molar-refractivity contribution >= 4 is 17.2 Å². The highest BCUT2D eigenvalue weighted by molar-refractivity contribution is 5.94. The average molecular weight is 381 g/mol.